The molecule has 0 bridgehead atoms. The zero-order chi connectivity index (χ0) is 15.6. The van der Waals surface area contributed by atoms with E-state index in [0.29, 0.717) is 19.0 Å². The molecule has 0 N–H and O–H groups in total. The van der Waals surface area contributed by atoms with Gasteiger partial charge in [0.25, 0.3) is 0 Å². The van der Waals surface area contributed by atoms with Crippen LogP contribution >= 0.6 is 15.9 Å². The number of likely N-dealkylation sites (N-methyl/N-ethyl adjacent to an activating group) is 1. The monoisotopic (exact) mass is 350 g/mol. The van der Waals surface area contributed by atoms with Crippen molar-refractivity contribution in [1.82, 2.24) is 9.80 Å². The van der Waals surface area contributed by atoms with E-state index in [1.807, 2.05) is 11.0 Å². The first kappa shape index (κ1) is 15.8. The number of halogens is 1. The fourth-order valence-electron chi connectivity index (χ4n) is 2.62. The predicted octanol–water partition coefficient (Wildman–Crippen LogP) is 2.54. The van der Waals surface area contributed by atoms with Gasteiger partial charge in [0.2, 0.25) is 11.8 Å². The molecule has 1 aromatic carbocycles. The van der Waals surface area contributed by atoms with Crippen LogP contribution in [-0.2, 0) is 16.1 Å². The van der Waals surface area contributed by atoms with Crippen molar-refractivity contribution in [1.29, 1.82) is 0 Å². The van der Waals surface area contributed by atoms with Crippen molar-refractivity contribution >= 4 is 27.7 Å². The smallest absolute Gasteiger partial charge is 0.246 e. The van der Waals surface area contributed by atoms with E-state index in [0.717, 1.165) is 10.0 Å². The van der Waals surface area contributed by atoms with Crippen molar-refractivity contribution in [3.05, 3.63) is 46.5 Å². The molecule has 1 atom stereocenters. The number of hydrogen-bond donors (Lipinski definition) is 0. The molecule has 21 heavy (non-hydrogen) atoms. The second kappa shape index (κ2) is 6.43. The SMILES string of the molecule is C=CC(=O)N(C)CC(=O)N1Cc2cc(Br)ccc2C(C)C1. The fourth-order valence-corrected chi connectivity index (χ4v) is 3.03. The Hall–Kier alpha value is -1.62. The Balaban J connectivity index is 2.11. The Morgan fingerprint density at radius 2 is 2.24 bits per heavy atom. The largest absolute Gasteiger partial charge is 0.336 e. The van der Waals surface area contributed by atoms with Gasteiger partial charge in [-0.2, -0.15) is 0 Å². The summed E-state index contributed by atoms with van der Waals surface area (Å²) >= 11 is 3.47. The number of amides is 2. The lowest BCUT2D eigenvalue weighted by Gasteiger charge is -2.34. The highest BCUT2D eigenvalue weighted by atomic mass is 79.9. The molecule has 1 unspecified atom stereocenters. The van der Waals surface area contributed by atoms with Crippen molar-refractivity contribution in [3.63, 3.8) is 0 Å². The van der Waals surface area contributed by atoms with E-state index in [9.17, 15) is 9.59 Å². The molecular formula is C16H19BrN2O2. The number of nitrogens with zero attached hydrogens (tertiary/aromatic N) is 2. The summed E-state index contributed by atoms with van der Waals surface area (Å²) in [6.45, 7) is 6.91. The van der Waals surface area contributed by atoms with Gasteiger partial charge in [-0.15, -0.1) is 0 Å². The second-order valence-electron chi connectivity index (χ2n) is 5.42. The molecule has 1 aliphatic heterocycles. The maximum Gasteiger partial charge on any atom is 0.246 e. The Labute approximate surface area is 133 Å². The lowest BCUT2D eigenvalue weighted by molar-refractivity contribution is -0.138. The first-order valence-corrected chi connectivity index (χ1v) is 7.65. The van der Waals surface area contributed by atoms with E-state index in [-0.39, 0.29) is 18.4 Å². The first-order chi connectivity index (χ1) is 9.92. The summed E-state index contributed by atoms with van der Waals surface area (Å²) in [5.41, 5.74) is 2.45. The summed E-state index contributed by atoms with van der Waals surface area (Å²) in [6, 6.07) is 6.20. The van der Waals surface area contributed by atoms with Crippen LogP contribution < -0.4 is 0 Å². The van der Waals surface area contributed by atoms with E-state index in [4.69, 9.17) is 0 Å². The minimum absolute atomic E-state index is 0.0369. The van der Waals surface area contributed by atoms with E-state index < -0.39 is 0 Å². The third-order valence-electron chi connectivity index (χ3n) is 3.77. The molecule has 4 nitrogen and oxygen atoms in total. The molecule has 1 heterocycles. The van der Waals surface area contributed by atoms with Crippen LogP contribution in [0.15, 0.2) is 35.3 Å². The highest BCUT2D eigenvalue weighted by molar-refractivity contribution is 9.10. The quantitative estimate of drug-likeness (QED) is 0.786. The van der Waals surface area contributed by atoms with E-state index in [1.54, 1.807) is 7.05 Å². The summed E-state index contributed by atoms with van der Waals surface area (Å²) in [5, 5.41) is 0. The zero-order valence-corrected chi connectivity index (χ0v) is 13.9. The lowest BCUT2D eigenvalue weighted by Crippen LogP contribution is -2.43. The molecule has 1 aliphatic rings. The summed E-state index contributed by atoms with van der Waals surface area (Å²) in [4.78, 5) is 27.0. The molecule has 0 radical (unpaired) electrons. The minimum atomic E-state index is -0.239. The van der Waals surface area contributed by atoms with Crippen LogP contribution in [-0.4, -0.2) is 41.8 Å². The van der Waals surface area contributed by atoms with Gasteiger partial charge in [0.1, 0.15) is 0 Å². The van der Waals surface area contributed by atoms with Crippen molar-refractivity contribution in [2.75, 3.05) is 20.1 Å². The van der Waals surface area contributed by atoms with Crippen molar-refractivity contribution in [3.8, 4) is 0 Å². The summed E-state index contributed by atoms with van der Waals surface area (Å²) in [5.74, 6) is 0.0212. The molecule has 0 spiro atoms. The van der Waals surface area contributed by atoms with Crippen LogP contribution in [0.2, 0.25) is 0 Å². The van der Waals surface area contributed by atoms with Crippen molar-refractivity contribution in [2.45, 2.75) is 19.4 Å². The summed E-state index contributed by atoms with van der Waals surface area (Å²) < 4.78 is 1.02. The molecule has 0 saturated heterocycles. The third-order valence-corrected chi connectivity index (χ3v) is 4.26. The maximum atomic E-state index is 12.4. The zero-order valence-electron chi connectivity index (χ0n) is 12.3. The minimum Gasteiger partial charge on any atom is -0.336 e. The molecule has 0 aliphatic carbocycles. The van der Waals surface area contributed by atoms with Gasteiger partial charge in [0.05, 0.1) is 6.54 Å². The maximum absolute atomic E-state index is 12.4. The van der Waals surface area contributed by atoms with Gasteiger partial charge in [0.15, 0.2) is 0 Å². The number of fused-ring (bicyclic) bond motifs is 1. The molecule has 5 heteroatoms. The van der Waals surface area contributed by atoms with Gasteiger partial charge in [-0.3, -0.25) is 9.59 Å². The average Bonchev–Trinajstić information content (AvgIpc) is 2.45. The average molecular weight is 351 g/mol. The van der Waals surface area contributed by atoms with E-state index >= 15 is 0 Å². The van der Waals surface area contributed by atoms with Crippen LogP contribution in [0.4, 0.5) is 0 Å². The molecule has 2 rings (SSSR count). The van der Waals surface area contributed by atoms with Gasteiger partial charge in [0, 0.05) is 24.6 Å². The van der Waals surface area contributed by atoms with Gasteiger partial charge in [-0.05, 0) is 35.3 Å². The summed E-state index contributed by atoms with van der Waals surface area (Å²) in [6.07, 6.45) is 1.22. The van der Waals surface area contributed by atoms with E-state index in [1.165, 1.54) is 16.5 Å². The molecule has 0 aromatic heterocycles. The third kappa shape index (κ3) is 3.53. The topological polar surface area (TPSA) is 40.6 Å². The van der Waals surface area contributed by atoms with Gasteiger partial charge in [-0.1, -0.05) is 35.5 Å². The number of carbonyl (C=O) groups excluding carboxylic acids is 2. The molecule has 1 aromatic rings. The van der Waals surface area contributed by atoms with Crippen molar-refractivity contribution < 1.29 is 9.59 Å². The molecule has 112 valence electrons. The van der Waals surface area contributed by atoms with Crippen LogP contribution in [0.3, 0.4) is 0 Å². The Kier molecular flexibility index (Phi) is 4.83. The predicted molar refractivity (Wildman–Crippen MR) is 85.8 cm³/mol. The fraction of sp³-hybridized carbons (Fsp3) is 0.375. The van der Waals surface area contributed by atoms with Crippen LogP contribution in [0.25, 0.3) is 0 Å². The standard InChI is InChI=1S/C16H19BrN2O2/c1-4-15(20)18(3)10-16(21)19-8-11(2)14-6-5-13(17)7-12(14)9-19/h4-7,11H,1,8-10H2,2-3H3. The van der Waals surface area contributed by atoms with Crippen LogP contribution in [0.1, 0.15) is 24.0 Å². The number of hydrogen-bond acceptors (Lipinski definition) is 2. The normalized spacial score (nSPS) is 17.1. The number of rotatable bonds is 3. The summed E-state index contributed by atoms with van der Waals surface area (Å²) in [7, 11) is 1.61. The molecule has 2 amide bonds. The van der Waals surface area contributed by atoms with Gasteiger partial charge < -0.3 is 9.80 Å². The van der Waals surface area contributed by atoms with Crippen LogP contribution in [0, 0.1) is 0 Å². The first-order valence-electron chi connectivity index (χ1n) is 6.86. The van der Waals surface area contributed by atoms with Gasteiger partial charge >= 0.3 is 0 Å². The highest BCUT2D eigenvalue weighted by Gasteiger charge is 2.26. The van der Waals surface area contributed by atoms with Crippen molar-refractivity contribution in [2.24, 2.45) is 0 Å². The number of carbonyl (C=O) groups is 2. The Bertz CT molecular complexity index is 586. The van der Waals surface area contributed by atoms with Gasteiger partial charge in [-0.25, -0.2) is 0 Å². The highest BCUT2D eigenvalue weighted by Crippen LogP contribution is 2.30. The molecule has 0 saturated carbocycles. The Morgan fingerprint density at radius 3 is 2.90 bits per heavy atom. The lowest BCUT2D eigenvalue weighted by atomic mass is 9.91. The van der Waals surface area contributed by atoms with Crippen LogP contribution in [0.5, 0.6) is 0 Å². The van der Waals surface area contributed by atoms with E-state index in [2.05, 4.69) is 41.6 Å². The second-order valence-corrected chi connectivity index (χ2v) is 6.33. The molecule has 0 fully saturated rings. The molecular weight excluding hydrogens is 332 g/mol. The Morgan fingerprint density at radius 1 is 1.52 bits per heavy atom. The number of benzene rings is 1.